The van der Waals surface area contributed by atoms with Gasteiger partial charge in [0, 0.05) is 59.6 Å². The third-order valence-corrected chi connectivity index (χ3v) is 16.3. The first-order chi connectivity index (χ1) is 29.6. The summed E-state index contributed by atoms with van der Waals surface area (Å²) in [4.78, 5) is 5.25. The van der Waals surface area contributed by atoms with Crippen molar-refractivity contribution in [2.75, 3.05) is 9.80 Å². The fourth-order valence-corrected chi connectivity index (χ4v) is 13.2. The van der Waals surface area contributed by atoms with Gasteiger partial charge in [-0.2, -0.15) is 0 Å². The van der Waals surface area contributed by atoms with Gasteiger partial charge in [0.15, 0.2) is 0 Å². The molecular weight excluding hydrogens is 768 g/mol. The first kappa shape index (κ1) is 37.9. The van der Waals surface area contributed by atoms with Crippen molar-refractivity contribution in [3.63, 3.8) is 0 Å². The molecule has 0 amide bonds. The number of anilines is 6. The molecule has 8 aromatic rings. The van der Waals surface area contributed by atoms with Crippen LogP contribution in [-0.4, -0.2) is 6.71 Å². The minimum atomic E-state index is -0.106. The van der Waals surface area contributed by atoms with Gasteiger partial charge < -0.3 is 9.80 Å². The molecule has 2 nitrogen and oxygen atoms in total. The Bertz CT molecular complexity index is 3220. The van der Waals surface area contributed by atoms with E-state index < -0.39 is 0 Å². The van der Waals surface area contributed by atoms with Crippen LogP contribution in [-0.2, 0) is 21.7 Å². The minimum absolute atomic E-state index is 0.0226. The van der Waals surface area contributed by atoms with Crippen LogP contribution in [0.1, 0.15) is 103 Å². The van der Waals surface area contributed by atoms with E-state index in [9.17, 15) is 0 Å². The highest BCUT2D eigenvalue weighted by molar-refractivity contribution is 7.34. The van der Waals surface area contributed by atoms with E-state index in [1.807, 2.05) is 11.3 Å². The van der Waals surface area contributed by atoms with E-state index in [-0.39, 0.29) is 28.4 Å². The molecular formula is C58H53BN2S. The van der Waals surface area contributed by atoms with Gasteiger partial charge in [-0.05, 0) is 103 Å². The topological polar surface area (TPSA) is 6.48 Å². The summed E-state index contributed by atoms with van der Waals surface area (Å²) >= 11 is 2.04. The molecule has 2 aliphatic carbocycles. The second-order valence-electron chi connectivity index (χ2n) is 21.4. The van der Waals surface area contributed by atoms with E-state index in [2.05, 4.69) is 219 Å². The van der Waals surface area contributed by atoms with Gasteiger partial charge in [-0.15, -0.1) is 11.3 Å². The molecule has 3 heterocycles. The van der Waals surface area contributed by atoms with E-state index in [0.717, 1.165) is 0 Å². The number of hydrogen-bond donors (Lipinski definition) is 0. The van der Waals surface area contributed by atoms with Crippen molar-refractivity contribution in [3.05, 3.63) is 173 Å². The van der Waals surface area contributed by atoms with Crippen LogP contribution in [0.3, 0.4) is 0 Å². The summed E-state index contributed by atoms with van der Waals surface area (Å²) in [5.41, 5.74) is 24.0. The van der Waals surface area contributed by atoms with Gasteiger partial charge in [0.05, 0.1) is 11.4 Å². The highest BCUT2D eigenvalue weighted by Crippen LogP contribution is 2.58. The smallest absolute Gasteiger partial charge is 0.264 e. The number of hydrogen-bond acceptors (Lipinski definition) is 3. The molecule has 0 saturated carbocycles. The zero-order valence-corrected chi connectivity index (χ0v) is 38.5. The lowest BCUT2D eigenvalue weighted by Gasteiger charge is -2.44. The second-order valence-corrected chi connectivity index (χ2v) is 22.4. The quantitative estimate of drug-likeness (QED) is 0.160. The van der Waals surface area contributed by atoms with Crippen molar-refractivity contribution in [1.29, 1.82) is 0 Å². The predicted octanol–water partition coefficient (Wildman–Crippen LogP) is 14.2. The zero-order chi connectivity index (χ0) is 42.8. The molecule has 62 heavy (non-hydrogen) atoms. The van der Waals surface area contributed by atoms with Crippen LogP contribution < -0.4 is 25.5 Å². The molecule has 12 rings (SSSR count). The Morgan fingerprint density at radius 2 is 1.03 bits per heavy atom. The van der Waals surface area contributed by atoms with Crippen molar-refractivity contribution >= 4 is 78.0 Å². The van der Waals surface area contributed by atoms with Crippen molar-refractivity contribution in [2.45, 2.75) is 90.9 Å². The summed E-state index contributed by atoms with van der Waals surface area (Å²) in [7, 11) is 0. The predicted molar refractivity (Wildman–Crippen MR) is 268 cm³/mol. The van der Waals surface area contributed by atoms with Crippen molar-refractivity contribution in [1.82, 2.24) is 0 Å². The van der Waals surface area contributed by atoms with Crippen molar-refractivity contribution in [3.8, 4) is 22.3 Å². The van der Waals surface area contributed by atoms with Gasteiger partial charge in [0.2, 0.25) is 0 Å². The Hall–Kier alpha value is -5.84. The van der Waals surface area contributed by atoms with E-state index in [1.165, 1.54) is 116 Å². The van der Waals surface area contributed by atoms with Crippen LogP contribution >= 0.6 is 11.3 Å². The molecule has 0 saturated heterocycles. The SMILES string of the molecule is CC(C)(C)c1ccc(N2c3cccc4c3B(c3cc(C(C)(C)C)ccc3N4c3cccc4c3-c3ccccc3C4(C)C)c3sc4c5c(ccc4c32)C(C)(C)c2ccccc2-5)cc1. The van der Waals surface area contributed by atoms with Gasteiger partial charge in [0.25, 0.3) is 6.71 Å². The number of thiophene rings is 1. The number of nitrogens with zero attached hydrogens (tertiary/aromatic N) is 2. The summed E-state index contributed by atoms with van der Waals surface area (Å²) in [6, 6.07) is 54.1. The molecule has 4 heteroatoms. The Balaban J connectivity index is 1.20. The summed E-state index contributed by atoms with van der Waals surface area (Å²) in [5.74, 6) is 0. The molecule has 0 N–H and O–H groups in total. The Kier molecular flexibility index (Phi) is 7.59. The molecule has 304 valence electrons. The lowest BCUT2D eigenvalue weighted by atomic mass is 9.36. The van der Waals surface area contributed by atoms with E-state index in [4.69, 9.17) is 0 Å². The molecule has 0 unspecified atom stereocenters. The minimum Gasteiger partial charge on any atom is -0.311 e. The van der Waals surface area contributed by atoms with Crippen LogP contribution in [0.15, 0.2) is 140 Å². The first-order valence-electron chi connectivity index (χ1n) is 22.5. The number of fused-ring (bicyclic) bond motifs is 13. The average Bonchev–Trinajstić information content (AvgIpc) is 3.83. The fraction of sp³-hybridized carbons (Fsp3) is 0.241. The summed E-state index contributed by atoms with van der Waals surface area (Å²) < 4.78 is 2.82. The fourth-order valence-electron chi connectivity index (χ4n) is 11.7. The molecule has 1 aromatic heterocycles. The van der Waals surface area contributed by atoms with Gasteiger partial charge in [-0.25, -0.2) is 0 Å². The van der Waals surface area contributed by atoms with Crippen LogP contribution in [0.25, 0.3) is 32.3 Å². The van der Waals surface area contributed by atoms with Crippen LogP contribution in [0, 0.1) is 0 Å². The van der Waals surface area contributed by atoms with Crippen LogP contribution in [0.4, 0.5) is 34.1 Å². The molecule has 0 bridgehead atoms. The third kappa shape index (κ3) is 4.93. The first-order valence-corrected chi connectivity index (χ1v) is 23.3. The zero-order valence-electron chi connectivity index (χ0n) is 37.7. The van der Waals surface area contributed by atoms with Crippen LogP contribution in [0.5, 0.6) is 0 Å². The van der Waals surface area contributed by atoms with Gasteiger partial charge in [-0.3, -0.25) is 0 Å². The maximum atomic E-state index is 2.63. The average molecular weight is 821 g/mol. The Morgan fingerprint density at radius 3 is 1.69 bits per heavy atom. The normalized spacial score (nSPS) is 16.1. The Morgan fingerprint density at radius 1 is 0.484 bits per heavy atom. The lowest BCUT2D eigenvalue weighted by Crippen LogP contribution is -2.60. The van der Waals surface area contributed by atoms with E-state index in [1.54, 1.807) is 0 Å². The molecule has 7 aromatic carbocycles. The van der Waals surface area contributed by atoms with Gasteiger partial charge in [0.1, 0.15) is 0 Å². The van der Waals surface area contributed by atoms with E-state index >= 15 is 0 Å². The van der Waals surface area contributed by atoms with Gasteiger partial charge in [-0.1, -0.05) is 172 Å². The summed E-state index contributed by atoms with van der Waals surface area (Å²) in [6.07, 6.45) is 0. The molecule has 0 radical (unpaired) electrons. The molecule has 0 spiro atoms. The highest BCUT2D eigenvalue weighted by atomic mass is 32.1. The molecule has 0 fully saturated rings. The summed E-state index contributed by atoms with van der Waals surface area (Å²) in [5, 5.41) is 1.34. The number of benzene rings is 7. The van der Waals surface area contributed by atoms with Crippen LogP contribution in [0.2, 0.25) is 0 Å². The maximum absolute atomic E-state index is 2.63. The number of rotatable bonds is 2. The lowest BCUT2D eigenvalue weighted by molar-refractivity contribution is 0.590. The second kappa shape index (κ2) is 12.4. The van der Waals surface area contributed by atoms with Gasteiger partial charge >= 0.3 is 0 Å². The molecule has 2 aliphatic heterocycles. The third-order valence-electron chi connectivity index (χ3n) is 15.0. The molecule has 4 aliphatic rings. The monoisotopic (exact) mass is 820 g/mol. The van der Waals surface area contributed by atoms with Crippen molar-refractivity contribution in [2.24, 2.45) is 0 Å². The summed E-state index contributed by atoms with van der Waals surface area (Å²) in [6.45, 7) is 23.6. The van der Waals surface area contributed by atoms with E-state index in [0.29, 0.717) is 0 Å². The maximum Gasteiger partial charge on any atom is 0.264 e. The largest absolute Gasteiger partial charge is 0.311 e. The van der Waals surface area contributed by atoms with Crippen molar-refractivity contribution < 1.29 is 0 Å². The molecule has 0 atom stereocenters. The Labute approximate surface area is 372 Å². The standard InChI is InChI=1S/C58H53BN2S/c1-55(2,3)34-25-28-36(29-26-34)60-47-23-16-24-48-51(47)59(54-52(60)39-30-31-43-50(53(39)62-54)38-18-12-14-20-41(38)58(43,9)10)44-33-35(56(4,5)6)27-32-45(44)61(48)46-22-15-21-42-49(46)37-17-11-13-19-40(37)57(42,7)8/h11-33H,1-10H3. The highest BCUT2D eigenvalue weighted by Gasteiger charge is 2.48.